The highest BCUT2D eigenvalue weighted by Gasteiger charge is 2.15. The first kappa shape index (κ1) is 12.9. The van der Waals surface area contributed by atoms with Gasteiger partial charge in [0.15, 0.2) is 0 Å². The van der Waals surface area contributed by atoms with Gasteiger partial charge in [-0.1, -0.05) is 38.4 Å². The Hall–Kier alpha value is -0.180. The molecule has 84 valence electrons. The molecule has 15 heavy (non-hydrogen) atoms. The Morgan fingerprint density at radius 1 is 1.33 bits per heavy atom. The zero-order chi connectivity index (χ0) is 11.6. The summed E-state index contributed by atoms with van der Waals surface area (Å²) in [7, 11) is 0. The van der Waals surface area contributed by atoms with E-state index in [1.54, 1.807) is 18.7 Å². The van der Waals surface area contributed by atoms with Crippen molar-refractivity contribution in [2.45, 2.75) is 43.4 Å². The number of benzene rings is 1. The Morgan fingerprint density at radius 3 is 2.33 bits per heavy atom. The van der Waals surface area contributed by atoms with Gasteiger partial charge in [0.1, 0.15) is 0 Å². The molecule has 1 nitrogen and oxygen atoms in total. The summed E-state index contributed by atoms with van der Waals surface area (Å²) in [5.41, 5.74) is 0.859. The summed E-state index contributed by atoms with van der Waals surface area (Å²) in [6, 6.07) is 5.73. The van der Waals surface area contributed by atoms with Crippen LogP contribution >= 0.6 is 23.4 Å². The van der Waals surface area contributed by atoms with Crippen LogP contribution in [-0.2, 0) is 0 Å². The molecule has 0 amide bonds. The molecule has 0 fully saturated rings. The average Bonchev–Trinajstić information content (AvgIpc) is 2.05. The van der Waals surface area contributed by atoms with Gasteiger partial charge in [-0.05, 0) is 24.6 Å². The van der Waals surface area contributed by atoms with E-state index in [-0.39, 0.29) is 4.75 Å². The molecule has 0 radical (unpaired) electrons. The van der Waals surface area contributed by atoms with Crippen molar-refractivity contribution in [2.75, 3.05) is 0 Å². The number of aliphatic hydroxyl groups is 1. The molecule has 0 bridgehead atoms. The van der Waals surface area contributed by atoms with Gasteiger partial charge in [-0.25, -0.2) is 0 Å². The Balaban J connectivity index is 2.94. The number of hydrogen-bond donors (Lipinski definition) is 1. The maximum absolute atomic E-state index is 9.41. The van der Waals surface area contributed by atoms with Crippen LogP contribution in [0.4, 0.5) is 0 Å². The third-order valence-corrected chi connectivity index (χ3v) is 3.47. The van der Waals surface area contributed by atoms with E-state index >= 15 is 0 Å². The van der Waals surface area contributed by atoms with Crippen molar-refractivity contribution >= 4 is 23.4 Å². The van der Waals surface area contributed by atoms with Crippen LogP contribution in [0.25, 0.3) is 0 Å². The molecule has 0 saturated heterocycles. The van der Waals surface area contributed by atoms with Crippen molar-refractivity contribution in [3.8, 4) is 0 Å². The Bertz CT molecular complexity index is 342. The van der Waals surface area contributed by atoms with E-state index in [0.29, 0.717) is 5.02 Å². The molecular weight excluding hydrogens is 228 g/mol. The number of thioether (sulfide) groups is 1. The van der Waals surface area contributed by atoms with Gasteiger partial charge in [-0.2, -0.15) is 0 Å². The lowest BCUT2D eigenvalue weighted by Gasteiger charge is -2.19. The average molecular weight is 245 g/mol. The predicted molar refractivity (Wildman–Crippen MR) is 67.7 cm³/mol. The number of hydrogen-bond acceptors (Lipinski definition) is 2. The van der Waals surface area contributed by atoms with Crippen LogP contribution in [-0.4, -0.2) is 9.85 Å². The van der Waals surface area contributed by atoms with E-state index in [2.05, 4.69) is 20.8 Å². The monoisotopic (exact) mass is 244 g/mol. The van der Waals surface area contributed by atoms with Gasteiger partial charge in [0.25, 0.3) is 0 Å². The molecule has 1 N–H and O–H groups in total. The van der Waals surface area contributed by atoms with Gasteiger partial charge in [0.2, 0.25) is 0 Å². The van der Waals surface area contributed by atoms with E-state index in [1.165, 1.54) is 0 Å². The van der Waals surface area contributed by atoms with Gasteiger partial charge in [-0.3, -0.25) is 0 Å². The predicted octanol–water partition coefficient (Wildman–Crippen LogP) is 4.28. The minimum atomic E-state index is -0.462. The van der Waals surface area contributed by atoms with E-state index in [1.807, 2.05) is 18.2 Å². The number of halogens is 1. The summed E-state index contributed by atoms with van der Waals surface area (Å²) in [6.07, 6.45) is -0.462. The second-order valence-electron chi connectivity index (χ2n) is 4.58. The van der Waals surface area contributed by atoms with Crippen LogP contribution in [0.2, 0.25) is 5.02 Å². The maximum atomic E-state index is 9.41. The largest absolute Gasteiger partial charge is 0.389 e. The zero-order valence-electron chi connectivity index (χ0n) is 9.54. The summed E-state index contributed by atoms with van der Waals surface area (Å²) in [6.45, 7) is 8.19. The lowest BCUT2D eigenvalue weighted by molar-refractivity contribution is 0.199. The van der Waals surface area contributed by atoms with Crippen molar-refractivity contribution in [1.29, 1.82) is 0 Å². The molecular formula is C12H17ClOS. The third kappa shape index (κ3) is 4.06. The Labute approximate surface area is 101 Å². The van der Waals surface area contributed by atoms with Crippen molar-refractivity contribution in [1.82, 2.24) is 0 Å². The molecule has 0 saturated carbocycles. The SMILES string of the molecule is C[C@@H](O)c1ccc(SC(C)(C)C)c(Cl)c1. The fourth-order valence-electron chi connectivity index (χ4n) is 1.19. The molecule has 0 unspecified atom stereocenters. The van der Waals surface area contributed by atoms with Crippen LogP contribution < -0.4 is 0 Å². The molecule has 1 aromatic carbocycles. The van der Waals surface area contributed by atoms with Crippen molar-refractivity contribution in [3.05, 3.63) is 28.8 Å². The zero-order valence-corrected chi connectivity index (χ0v) is 11.1. The second kappa shape index (κ2) is 4.77. The standard InChI is InChI=1S/C12H17ClOS/c1-8(14)9-5-6-11(10(13)7-9)15-12(2,3)4/h5-8,14H,1-4H3/t8-/m1/s1. The highest BCUT2D eigenvalue weighted by Crippen LogP contribution is 2.37. The van der Waals surface area contributed by atoms with Gasteiger partial charge in [0, 0.05) is 9.64 Å². The van der Waals surface area contributed by atoms with Gasteiger partial charge < -0.3 is 5.11 Å². The Kier molecular flexibility index (Phi) is 4.10. The molecule has 1 atom stereocenters. The van der Waals surface area contributed by atoms with Gasteiger partial charge >= 0.3 is 0 Å². The van der Waals surface area contributed by atoms with Crippen LogP contribution in [0.15, 0.2) is 23.1 Å². The first-order chi connectivity index (χ1) is 6.79. The number of rotatable bonds is 2. The lowest BCUT2D eigenvalue weighted by atomic mass is 10.1. The van der Waals surface area contributed by atoms with Gasteiger partial charge in [-0.15, -0.1) is 11.8 Å². The lowest BCUT2D eigenvalue weighted by Crippen LogP contribution is -2.06. The molecule has 0 heterocycles. The normalized spacial score (nSPS) is 14.0. The van der Waals surface area contributed by atoms with Crippen LogP contribution in [0.3, 0.4) is 0 Å². The highest BCUT2D eigenvalue weighted by atomic mass is 35.5. The van der Waals surface area contributed by atoms with E-state index in [9.17, 15) is 5.11 Å². The maximum Gasteiger partial charge on any atom is 0.0762 e. The van der Waals surface area contributed by atoms with Crippen molar-refractivity contribution in [2.24, 2.45) is 0 Å². The minimum absolute atomic E-state index is 0.149. The summed E-state index contributed by atoms with van der Waals surface area (Å²) in [5.74, 6) is 0. The topological polar surface area (TPSA) is 20.2 Å². The number of aliphatic hydroxyl groups excluding tert-OH is 1. The highest BCUT2D eigenvalue weighted by molar-refractivity contribution is 8.00. The summed E-state index contributed by atoms with van der Waals surface area (Å²) in [4.78, 5) is 1.06. The van der Waals surface area contributed by atoms with E-state index in [0.717, 1.165) is 10.5 Å². The first-order valence-corrected chi connectivity index (χ1v) is 6.15. The second-order valence-corrected chi connectivity index (χ2v) is 6.86. The molecule has 0 aromatic heterocycles. The molecule has 1 rings (SSSR count). The fraction of sp³-hybridized carbons (Fsp3) is 0.500. The molecule has 1 aromatic rings. The molecule has 0 aliphatic carbocycles. The minimum Gasteiger partial charge on any atom is -0.389 e. The van der Waals surface area contributed by atoms with Crippen molar-refractivity contribution in [3.63, 3.8) is 0 Å². The summed E-state index contributed by atoms with van der Waals surface area (Å²) >= 11 is 7.88. The quantitative estimate of drug-likeness (QED) is 0.784. The van der Waals surface area contributed by atoms with E-state index in [4.69, 9.17) is 11.6 Å². The summed E-state index contributed by atoms with van der Waals surface area (Å²) in [5, 5.41) is 10.1. The Morgan fingerprint density at radius 2 is 1.93 bits per heavy atom. The molecule has 0 spiro atoms. The molecule has 0 aliphatic heterocycles. The molecule has 3 heteroatoms. The fourth-order valence-corrected chi connectivity index (χ4v) is 2.45. The van der Waals surface area contributed by atoms with Crippen LogP contribution in [0.5, 0.6) is 0 Å². The van der Waals surface area contributed by atoms with Gasteiger partial charge in [0.05, 0.1) is 11.1 Å². The smallest absolute Gasteiger partial charge is 0.0762 e. The van der Waals surface area contributed by atoms with Crippen molar-refractivity contribution < 1.29 is 5.11 Å². The van der Waals surface area contributed by atoms with Crippen LogP contribution in [0.1, 0.15) is 39.4 Å². The summed E-state index contributed by atoms with van der Waals surface area (Å²) < 4.78 is 0.149. The van der Waals surface area contributed by atoms with Crippen LogP contribution in [0, 0.1) is 0 Å². The third-order valence-electron chi connectivity index (χ3n) is 1.85. The van der Waals surface area contributed by atoms with E-state index < -0.39 is 6.10 Å². The molecule has 0 aliphatic rings. The first-order valence-electron chi connectivity index (χ1n) is 4.96.